The number of hydrogen-bond acceptors (Lipinski definition) is 3. The third-order valence-electron chi connectivity index (χ3n) is 3.72. The molecule has 0 radical (unpaired) electrons. The largest absolute Gasteiger partial charge is 0.326 e. The number of benzene rings is 1. The van der Waals surface area contributed by atoms with Crippen LogP contribution in [0.15, 0.2) is 18.2 Å². The summed E-state index contributed by atoms with van der Waals surface area (Å²) in [5, 5.41) is 0. The first-order chi connectivity index (χ1) is 8.60. The second kappa shape index (κ2) is 5.78. The van der Waals surface area contributed by atoms with Crippen LogP contribution in [-0.2, 0) is 13.1 Å². The van der Waals surface area contributed by atoms with E-state index in [1.54, 1.807) is 6.07 Å². The van der Waals surface area contributed by atoms with Gasteiger partial charge in [-0.05, 0) is 32.1 Å². The van der Waals surface area contributed by atoms with Gasteiger partial charge in [0.1, 0.15) is 5.82 Å². The van der Waals surface area contributed by atoms with Gasteiger partial charge in [0, 0.05) is 37.8 Å². The zero-order chi connectivity index (χ0) is 13.1. The molecule has 0 aliphatic carbocycles. The Morgan fingerprint density at radius 3 is 2.83 bits per heavy atom. The van der Waals surface area contributed by atoms with Crippen LogP contribution in [0.5, 0.6) is 0 Å². The Morgan fingerprint density at radius 2 is 2.22 bits per heavy atom. The number of likely N-dealkylation sites (tertiary alicyclic amines) is 1. The number of hydrogen-bond donors (Lipinski definition) is 1. The molecule has 1 aromatic rings. The first-order valence-electron chi connectivity index (χ1n) is 6.46. The van der Waals surface area contributed by atoms with Crippen molar-refractivity contribution in [2.75, 3.05) is 27.2 Å². The summed E-state index contributed by atoms with van der Waals surface area (Å²) in [5.74, 6) is -0.125. The van der Waals surface area contributed by atoms with Crippen molar-refractivity contribution >= 4 is 0 Å². The highest BCUT2D eigenvalue weighted by Crippen LogP contribution is 2.18. The number of likely N-dealkylation sites (N-methyl/N-ethyl adjacent to an activating group) is 1. The van der Waals surface area contributed by atoms with Crippen LogP contribution in [0, 0.1) is 5.82 Å². The molecule has 18 heavy (non-hydrogen) atoms. The third kappa shape index (κ3) is 3.07. The normalized spacial score (nSPS) is 20.8. The van der Waals surface area contributed by atoms with Crippen molar-refractivity contribution in [2.45, 2.75) is 25.6 Å². The lowest BCUT2D eigenvalue weighted by Crippen LogP contribution is -2.31. The van der Waals surface area contributed by atoms with Crippen LogP contribution in [0.3, 0.4) is 0 Å². The van der Waals surface area contributed by atoms with E-state index in [0.717, 1.165) is 30.6 Å². The minimum absolute atomic E-state index is 0.125. The van der Waals surface area contributed by atoms with Crippen LogP contribution in [0.25, 0.3) is 0 Å². The lowest BCUT2D eigenvalue weighted by molar-refractivity contribution is 0.263. The lowest BCUT2D eigenvalue weighted by atomic mass is 10.1. The van der Waals surface area contributed by atoms with E-state index in [9.17, 15) is 4.39 Å². The van der Waals surface area contributed by atoms with Crippen molar-refractivity contribution in [3.8, 4) is 0 Å². The molecular weight excluding hydrogens is 229 g/mol. The van der Waals surface area contributed by atoms with Crippen LogP contribution in [0.1, 0.15) is 17.5 Å². The maximum absolute atomic E-state index is 13.7. The van der Waals surface area contributed by atoms with Crippen LogP contribution in [0.2, 0.25) is 0 Å². The summed E-state index contributed by atoms with van der Waals surface area (Å²) in [6, 6.07) is 5.76. The highest BCUT2D eigenvalue weighted by molar-refractivity contribution is 5.25. The number of nitrogens with two attached hydrogens (primary N) is 1. The molecule has 1 heterocycles. The first kappa shape index (κ1) is 13.5. The predicted octanol–water partition coefficient (Wildman–Crippen LogP) is 1.42. The summed E-state index contributed by atoms with van der Waals surface area (Å²) < 4.78 is 13.7. The summed E-state index contributed by atoms with van der Waals surface area (Å²) in [6.45, 7) is 3.20. The molecule has 3 nitrogen and oxygen atoms in total. The van der Waals surface area contributed by atoms with Crippen molar-refractivity contribution in [3.05, 3.63) is 35.1 Å². The second-order valence-corrected chi connectivity index (χ2v) is 5.27. The van der Waals surface area contributed by atoms with Crippen molar-refractivity contribution < 1.29 is 4.39 Å². The fraction of sp³-hybridized carbons (Fsp3) is 0.571. The zero-order valence-corrected chi connectivity index (χ0v) is 11.2. The molecule has 1 aliphatic rings. The molecule has 0 spiro atoms. The molecule has 4 heteroatoms. The maximum Gasteiger partial charge on any atom is 0.127 e. The average molecular weight is 251 g/mol. The average Bonchev–Trinajstić information content (AvgIpc) is 2.81. The molecule has 1 aliphatic heterocycles. The standard InChI is InChI=1S/C14H22FN3/c1-17(2)13-5-6-18(10-13)9-12-7-11(8-16)3-4-14(12)15/h3-4,7,13H,5-6,8-10,16H2,1-2H3. The van der Waals surface area contributed by atoms with E-state index in [2.05, 4.69) is 23.9 Å². The zero-order valence-electron chi connectivity index (χ0n) is 11.2. The Bertz CT molecular complexity index is 406. The van der Waals surface area contributed by atoms with Gasteiger partial charge in [0.25, 0.3) is 0 Å². The molecule has 2 rings (SSSR count). The summed E-state index contributed by atoms with van der Waals surface area (Å²) in [6.07, 6.45) is 1.16. The van der Waals surface area contributed by atoms with E-state index in [4.69, 9.17) is 5.73 Å². The number of halogens is 1. The minimum Gasteiger partial charge on any atom is -0.326 e. The monoisotopic (exact) mass is 251 g/mol. The van der Waals surface area contributed by atoms with Gasteiger partial charge in [0.2, 0.25) is 0 Å². The van der Waals surface area contributed by atoms with Gasteiger partial charge in [-0.2, -0.15) is 0 Å². The van der Waals surface area contributed by atoms with E-state index in [0.29, 0.717) is 19.1 Å². The molecular formula is C14H22FN3. The van der Waals surface area contributed by atoms with Gasteiger partial charge in [0.05, 0.1) is 0 Å². The van der Waals surface area contributed by atoms with Gasteiger partial charge < -0.3 is 10.6 Å². The maximum atomic E-state index is 13.7. The summed E-state index contributed by atoms with van der Waals surface area (Å²) in [7, 11) is 4.20. The van der Waals surface area contributed by atoms with Gasteiger partial charge in [0.15, 0.2) is 0 Å². The number of rotatable bonds is 4. The van der Waals surface area contributed by atoms with Crippen LogP contribution in [-0.4, -0.2) is 43.0 Å². The van der Waals surface area contributed by atoms with Gasteiger partial charge in [-0.25, -0.2) is 4.39 Å². The van der Waals surface area contributed by atoms with E-state index < -0.39 is 0 Å². The smallest absolute Gasteiger partial charge is 0.127 e. The Morgan fingerprint density at radius 1 is 1.44 bits per heavy atom. The molecule has 1 unspecified atom stereocenters. The highest BCUT2D eigenvalue weighted by Gasteiger charge is 2.24. The van der Waals surface area contributed by atoms with Crippen molar-refractivity contribution in [1.29, 1.82) is 0 Å². The van der Waals surface area contributed by atoms with Crippen molar-refractivity contribution in [3.63, 3.8) is 0 Å². The van der Waals surface area contributed by atoms with E-state index in [1.165, 1.54) is 6.07 Å². The minimum atomic E-state index is -0.125. The molecule has 1 fully saturated rings. The van der Waals surface area contributed by atoms with Crippen molar-refractivity contribution in [1.82, 2.24) is 9.80 Å². The van der Waals surface area contributed by atoms with E-state index in [-0.39, 0.29) is 5.82 Å². The molecule has 100 valence electrons. The molecule has 0 aromatic heterocycles. The van der Waals surface area contributed by atoms with Crippen LogP contribution in [0.4, 0.5) is 4.39 Å². The molecule has 1 saturated heterocycles. The third-order valence-corrected chi connectivity index (χ3v) is 3.72. The van der Waals surface area contributed by atoms with Gasteiger partial charge in [-0.1, -0.05) is 12.1 Å². The second-order valence-electron chi connectivity index (χ2n) is 5.27. The molecule has 0 amide bonds. The van der Waals surface area contributed by atoms with Gasteiger partial charge in [-0.15, -0.1) is 0 Å². The Labute approximate surface area is 108 Å². The molecule has 0 saturated carbocycles. The molecule has 1 aromatic carbocycles. The van der Waals surface area contributed by atoms with Crippen LogP contribution < -0.4 is 5.73 Å². The first-order valence-corrected chi connectivity index (χ1v) is 6.46. The molecule has 2 N–H and O–H groups in total. The van der Waals surface area contributed by atoms with Gasteiger partial charge in [-0.3, -0.25) is 4.90 Å². The lowest BCUT2D eigenvalue weighted by Gasteiger charge is -2.20. The topological polar surface area (TPSA) is 32.5 Å². The van der Waals surface area contributed by atoms with E-state index >= 15 is 0 Å². The number of nitrogens with zero attached hydrogens (tertiary/aromatic N) is 2. The fourth-order valence-electron chi connectivity index (χ4n) is 2.49. The highest BCUT2D eigenvalue weighted by atomic mass is 19.1. The summed E-state index contributed by atoms with van der Waals surface area (Å²) >= 11 is 0. The molecule has 0 bridgehead atoms. The summed E-state index contributed by atoms with van der Waals surface area (Å²) in [4.78, 5) is 4.55. The Kier molecular flexibility index (Phi) is 4.32. The quantitative estimate of drug-likeness (QED) is 0.878. The predicted molar refractivity (Wildman–Crippen MR) is 71.7 cm³/mol. The Hall–Kier alpha value is -0.970. The molecule has 1 atom stereocenters. The van der Waals surface area contributed by atoms with E-state index in [1.807, 2.05) is 6.07 Å². The Balaban J connectivity index is 2.02. The fourth-order valence-corrected chi connectivity index (χ4v) is 2.49. The van der Waals surface area contributed by atoms with Crippen LogP contribution >= 0.6 is 0 Å². The summed E-state index contributed by atoms with van der Waals surface area (Å²) in [5.41, 5.74) is 7.35. The SMILES string of the molecule is CN(C)C1CCN(Cc2cc(CN)ccc2F)C1. The van der Waals surface area contributed by atoms with Gasteiger partial charge >= 0.3 is 0 Å². The van der Waals surface area contributed by atoms with Crippen molar-refractivity contribution in [2.24, 2.45) is 5.73 Å².